The van der Waals surface area contributed by atoms with Gasteiger partial charge in [0.05, 0.1) is 0 Å². The van der Waals surface area contributed by atoms with Crippen molar-refractivity contribution in [2.24, 2.45) is 0 Å². The van der Waals surface area contributed by atoms with Gasteiger partial charge in [-0.3, -0.25) is 4.90 Å². The lowest BCUT2D eigenvalue weighted by Gasteiger charge is -2.31. The molecule has 1 N–H and O–H groups in total. The molecule has 1 fully saturated rings. The first-order valence-electron chi connectivity index (χ1n) is 5.91. The average molecular weight is 275 g/mol. The van der Waals surface area contributed by atoms with Gasteiger partial charge in [-0.2, -0.15) is 0 Å². The van der Waals surface area contributed by atoms with Crippen LogP contribution < -0.4 is 5.32 Å². The van der Waals surface area contributed by atoms with Crippen molar-refractivity contribution in [2.75, 3.05) is 20.1 Å². The normalized spacial score (nSPS) is 20.1. The van der Waals surface area contributed by atoms with E-state index < -0.39 is 0 Å². The van der Waals surface area contributed by atoms with Gasteiger partial charge in [0.2, 0.25) is 0 Å². The number of hydrogen-bond acceptors (Lipinski definition) is 2. The monoisotopic (exact) mass is 274 g/mol. The van der Waals surface area contributed by atoms with Crippen molar-refractivity contribution in [1.82, 2.24) is 10.2 Å². The van der Waals surface area contributed by atoms with Gasteiger partial charge >= 0.3 is 0 Å². The Morgan fingerprint density at radius 1 is 1.35 bits per heavy atom. The van der Waals surface area contributed by atoms with Gasteiger partial charge in [-0.1, -0.05) is 23.7 Å². The van der Waals surface area contributed by atoms with Crippen LogP contribution in [0.2, 0.25) is 5.02 Å². The number of benzene rings is 1. The molecule has 1 aliphatic heterocycles. The molecule has 1 unspecified atom stereocenters. The Kier molecular flexibility index (Phi) is 6.28. The minimum Gasteiger partial charge on any atom is -0.315 e. The fourth-order valence-corrected chi connectivity index (χ4v) is 2.34. The van der Waals surface area contributed by atoms with E-state index in [-0.39, 0.29) is 12.4 Å². The van der Waals surface area contributed by atoms with Gasteiger partial charge in [-0.25, -0.2) is 0 Å². The van der Waals surface area contributed by atoms with Crippen LogP contribution in [0.5, 0.6) is 0 Å². The van der Waals surface area contributed by atoms with E-state index in [0.717, 1.165) is 18.1 Å². The first kappa shape index (κ1) is 14.8. The van der Waals surface area contributed by atoms with Crippen molar-refractivity contribution in [3.05, 3.63) is 34.9 Å². The van der Waals surface area contributed by atoms with Gasteiger partial charge in [0.15, 0.2) is 0 Å². The van der Waals surface area contributed by atoms with Crippen LogP contribution in [0.15, 0.2) is 24.3 Å². The van der Waals surface area contributed by atoms with E-state index in [2.05, 4.69) is 29.4 Å². The molecule has 1 aromatic rings. The lowest BCUT2D eigenvalue weighted by molar-refractivity contribution is 0.196. The van der Waals surface area contributed by atoms with Gasteiger partial charge in [0, 0.05) is 24.2 Å². The predicted octanol–water partition coefficient (Wildman–Crippen LogP) is 2.95. The highest BCUT2D eigenvalue weighted by Gasteiger charge is 2.17. The molecule has 0 amide bonds. The number of likely N-dealkylation sites (N-methyl/N-ethyl adjacent to an activating group) is 1. The summed E-state index contributed by atoms with van der Waals surface area (Å²) in [5.74, 6) is 0. The lowest BCUT2D eigenvalue weighted by atomic mass is 10.1. The SMILES string of the molecule is CN(Cc1ccc(Cl)cc1)C1CCCNC1.Cl. The zero-order chi connectivity index (χ0) is 11.4. The number of hydrogen-bond donors (Lipinski definition) is 1. The predicted molar refractivity (Wildman–Crippen MR) is 76.1 cm³/mol. The number of piperidine rings is 1. The van der Waals surface area contributed by atoms with Crippen molar-refractivity contribution in [3.63, 3.8) is 0 Å². The van der Waals surface area contributed by atoms with Crippen LogP contribution in [0.1, 0.15) is 18.4 Å². The van der Waals surface area contributed by atoms with E-state index in [4.69, 9.17) is 11.6 Å². The first-order valence-corrected chi connectivity index (χ1v) is 6.29. The molecule has 2 rings (SSSR count). The van der Waals surface area contributed by atoms with Crippen molar-refractivity contribution >= 4 is 24.0 Å². The quantitative estimate of drug-likeness (QED) is 0.912. The zero-order valence-electron chi connectivity index (χ0n) is 10.2. The van der Waals surface area contributed by atoms with Crippen LogP contribution in [0.3, 0.4) is 0 Å². The van der Waals surface area contributed by atoms with Gasteiger partial charge in [-0.15, -0.1) is 12.4 Å². The van der Waals surface area contributed by atoms with Crippen LogP contribution in [0, 0.1) is 0 Å². The van der Waals surface area contributed by atoms with Crippen molar-refractivity contribution < 1.29 is 0 Å². The third kappa shape index (κ3) is 4.47. The molecule has 1 atom stereocenters. The highest BCUT2D eigenvalue weighted by atomic mass is 35.5. The Morgan fingerprint density at radius 2 is 2.06 bits per heavy atom. The van der Waals surface area contributed by atoms with Crippen LogP contribution >= 0.6 is 24.0 Å². The minimum atomic E-state index is 0. The Labute approximate surface area is 115 Å². The summed E-state index contributed by atoms with van der Waals surface area (Å²) in [7, 11) is 2.20. The smallest absolute Gasteiger partial charge is 0.0406 e. The standard InChI is InChI=1S/C13H19ClN2.ClH/c1-16(13-3-2-8-15-9-13)10-11-4-6-12(14)7-5-11;/h4-7,13,15H,2-3,8-10H2,1H3;1H. The molecular formula is C13H20Cl2N2. The van der Waals surface area contributed by atoms with E-state index in [1.165, 1.54) is 24.9 Å². The summed E-state index contributed by atoms with van der Waals surface area (Å²) in [6.45, 7) is 3.29. The molecule has 0 spiro atoms. The molecule has 96 valence electrons. The van der Waals surface area contributed by atoms with E-state index in [0.29, 0.717) is 6.04 Å². The third-order valence-corrected chi connectivity index (χ3v) is 3.49. The van der Waals surface area contributed by atoms with Gasteiger partial charge in [0.25, 0.3) is 0 Å². The number of rotatable bonds is 3. The Morgan fingerprint density at radius 3 is 2.65 bits per heavy atom. The second-order valence-corrected chi connectivity index (χ2v) is 4.98. The van der Waals surface area contributed by atoms with Gasteiger partial charge in [-0.05, 0) is 44.1 Å². The summed E-state index contributed by atoms with van der Waals surface area (Å²) in [5.41, 5.74) is 1.33. The molecule has 4 heteroatoms. The topological polar surface area (TPSA) is 15.3 Å². The molecule has 1 aliphatic rings. The van der Waals surface area contributed by atoms with Crippen LogP contribution in [0.4, 0.5) is 0 Å². The van der Waals surface area contributed by atoms with Crippen molar-refractivity contribution in [2.45, 2.75) is 25.4 Å². The summed E-state index contributed by atoms with van der Waals surface area (Å²) in [5, 5.41) is 4.26. The lowest BCUT2D eigenvalue weighted by Crippen LogP contribution is -2.43. The molecule has 0 saturated carbocycles. The molecule has 0 bridgehead atoms. The third-order valence-electron chi connectivity index (χ3n) is 3.24. The van der Waals surface area contributed by atoms with E-state index in [1.54, 1.807) is 0 Å². The Bertz CT molecular complexity index is 321. The molecular weight excluding hydrogens is 255 g/mol. The van der Waals surface area contributed by atoms with Gasteiger partial charge < -0.3 is 5.32 Å². The fourth-order valence-electron chi connectivity index (χ4n) is 2.22. The summed E-state index contributed by atoms with van der Waals surface area (Å²) in [4.78, 5) is 2.43. The maximum atomic E-state index is 5.87. The summed E-state index contributed by atoms with van der Waals surface area (Å²) in [6.07, 6.45) is 2.59. The summed E-state index contributed by atoms with van der Waals surface area (Å²) < 4.78 is 0. The molecule has 1 heterocycles. The minimum absolute atomic E-state index is 0. The largest absolute Gasteiger partial charge is 0.315 e. The number of halogens is 2. The molecule has 0 radical (unpaired) electrons. The number of nitrogens with zero attached hydrogens (tertiary/aromatic N) is 1. The number of nitrogens with one attached hydrogen (secondary N) is 1. The fraction of sp³-hybridized carbons (Fsp3) is 0.538. The second kappa shape index (κ2) is 7.22. The van der Waals surface area contributed by atoms with Crippen molar-refractivity contribution in [3.8, 4) is 0 Å². The molecule has 1 saturated heterocycles. The van der Waals surface area contributed by atoms with Crippen LogP contribution in [-0.4, -0.2) is 31.1 Å². The summed E-state index contributed by atoms with van der Waals surface area (Å²) >= 11 is 5.87. The molecule has 2 nitrogen and oxygen atoms in total. The van der Waals surface area contributed by atoms with Gasteiger partial charge in [0.1, 0.15) is 0 Å². The molecule has 0 aliphatic carbocycles. The van der Waals surface area contributed by atoms with Crippen LogP contribution in [-0.2, 0) is 6.54 Å². The van der Waals surface area contributed by atoms with Crippen molar-refractivity contribution in [1.29, 1.82) is 0 Å². The summed E-state index contributed by atoms with van der Waals surface area (Å²) in [6, 6.07) is 8.81. The van der Waals surface area contributed by atoms with E-state index in [9.17, 15) is 0 Å². The van der Waals surface area contributed by atoms with E-state index in [1.807, 2.05) is 12.1 Å². The highest BCUT2D eigenvalue weighted by Crippen LogP contribution is 2.14. The highest BCUT2D eigenvalue weighted by molar-refractivity contribution is 6.30. The maximum absolute atomic E-state index is 5.87. The average Bonchev–Trinajstić information content (AvgIpc) is 2.33. The zero-order valence-corrected chi connectivity index (χ0v) is 11.7. The molecule has 0 aromatic heterocycles. The molecule has 1 aromatic carbocycles. The Balaban J connectivity index is 0.00000144. The maximum Gasteiger partial charge on any atom is 0.0406 e. The Hall–Kier alpha value is -0.280. The molecule has 17 heavy (non-hydrogen) atoms. The second-order valence-electron chi connectivity index (χ2n) is 4.54. The van der Waals surface area contributed by atoms with Crippen LogP contribution in [0.25, 0.3) is 0 Å². The van der Waals surface area contributed by atoms with E-state index >= 15 is 0 Å². The first-order chi connectivity index (χ1) is 7.75.